The van der Waals surface area contributed by atoms with Crippen molar-refractivity contribution in [2.75, 3.05) is 10.6 Å². The normalized spacial score (nSPS) is 10.5. The highest BCUT2D eigenvalue weighted by Gasteiger charge is 2.14. The van der Waals surface area contributed by atoms with Gasteiger partial charge in [-0.1, -0.05) is 91.0 Å². The SMILES string of the molecule is O=C(CC(=O)c1ccccc1)Nc1ccc(Nc2nnc(-c3ccccc3)c(-c3ccccc3)n2)cc1. The smallest absolute Gasteiger partial charge is 0.247 e. The largest absolute Gasteiger partial charge is 0.326 e. The second kappa shape index (κ2) is 11.0. The average Bonchev–Trinajstić information content (AvgIpc) is 2.95. The van der Waals surface area contributed by atoms with Crippen molar-refractivity contribution in [1.29, 1.82) is 0 Å². The van der Waals surface area contributed by atoms with Crippen LogP contribution in [0.2, 0.25) is 0 Å². The molecule has 7 heteroatoms. The maximum absolute atomic E-state index is 12.3. The summed E-state index contributed by atoms with van der Waals surface area (Å²) in [7, 11) is 0. The zero-order valence-electron chi connectivity index (χ0n) is 19.8. The van der Waals surface area contributed by atoms with Gasteiger partial charge in [0.05, 0.1) is 6.42 Å². The number of carbonyl (C=O) groups excluding carboxylic acids is 2. The van der Waals surface area contributed by atoms with Crippen LogP contribution in [0, 0.1) is 0 Å². The molecule has 1 heterocycles. The second-order valence-corrected chi connectivity index (χ2v) is 8.28. The van der Waals surface area contributed by atoms with Crippen molar-refractivity contribution >= 4 is 29.0 Å². The fourth-order valence-electron chi connectivity index (χ4n) is 3.81. The molecule has 1 amide bonds. The van der Waals surface area contributed by atoms with Crippen LogP contribution in [0.5, 0.6) is 0 Å². The maximum atomic E-state index is 12.3. The molecule has 0 unspecified atom stereocenters. The Labute approximate surface area is 214 Å². The lowest BCUT2D eigenvalue weighted by atomic mass is 10.0. The predicted octanol–water partition coefficient (Wildman–Crippen LogP) is 6.16. The van der Waals surface area contributed by atoms with Crippen molar-refractivity contribution in [2.24, 2.45) is 0 Å². The summed E-state index contributed by atoms with van der Waals surface area (Å²) in [6, 6.07) is 35.5. The first-order chi connectivity index (χ1) is 18.2. The fourth-order valence-corrected chi connectivity index (χ4v) is 3.81. The Bertz CT molecular complexity index is 1510. The highest BCUT2D eigenvalue weighted by atomic mass is 16.2. The Morgan fingerprint density at radius 3 is 1.76 bits per heavy atom. The van der Waals surface area contributed by atoms with Crippen LogP contribution in [-0.4, -0.2) is 26.9 Å². The summed E-state index contributed by atoms with van der Waals surface area (Å²) in [5.74, 6) is -0.246. The number of ketones is 1. The van der Waals surface area contributed by atoms with Crippen LogP contribution < -0.4 is 10.6 Å². The Morgan fingerprint density at radius 2 is 1.14 bits per heavy atom. The van der Waals surface area contributed by atoms with Gasteiger partial charge in [-0.15, -0.1) is 10.2 Å². The summed E-state index contributed by atoms with van der Waals surface area (Å²) in [6.07, 6.45) is -0.223. The molecule has 0 aliphatic carbocycles. The van der Waals surface area contributed by atoms with Gasteiger partial charge in [-0.3, -0.25) is 9.59 Å². The van der Waals surface area contributed by atoms with Crippen molar-refractivity contribution < 1.29 is 9.59 Å². The minimum atomic E-state index is -0.369. The van der Waals surface area contributed by atoms with Crippen LogP contribution >= 0.6 is 0 Å². The van der Waals surface area contributed by atoms with Gasteiger partial charge in [-0.2, -0.15) is 0 Å². The quantitative estimate of drug-likeness (QED) is 0.202. The summed E-state index contributed by atoms with van der Waals surface area (Å²) >= 11 is 0. The number of hydrogen-bond acceptors (Lipinski definition) is 6. The summed E-state index contributed by atoms with van der Waals surface area (Å²) in [6.45, 7) is 0. The van der Waals surface area contributed by atoms with Gasteiger partial charge in [0, 0.05) is 28.1 Å². The van der Waals surface area contributed by atoms with Gasteiger partial charge in [0.1, 0.15) is 11.4 Å². The standard InChI is InChI=1S/C30H23N5O2/c36-26(21-10-4-1-5-11-21)20-27(37)31-24-16-18-25(19-17-24)32-30-33-28(22-12-6-2-7-13-22)29(34-35-30)23-14-8-3-9-15-23/h1-19H,20H2,(H,31,37)(H,32,33,35). The zero-order chi connectivity index (χ0) is 25.5. The van der Waals surface area contributed by atoms with Gasteiger partial charge < -0.3 is 10.6 Å². The first-order valence-corrected chi connectivity index (χ1v) is 11.8. The third-order valence-corrected chi connectivity index (χ3v) is 5.62. The van der Waals surface area contributed by atoms with Gasteiger partial charge in [-0.05, 0) is 24.3 Å². The van der Waals surface area contributed by atoms with Crippen molar-refractivity contribution in [3.05, 3.63) is 121 Å². The Hall–Kier alpha value is -5.17. The van der Waals surface area contributed by atoms with Crippen LogP contribution in [0.1, 0.15) is 16.8 Å². The minimum absolute atomic E-state index is 0.223. The van der Waals surface area contributed by atoms with E-state index < -0.39 is 0 Å². The average molecular weight is 486 g/mol. The molecule has 4 aromatic carbocycles. The van der Waals surface area contributed by atoms with E-state index in [0.29, 0.717) is 22.9 Å². The monoisotopic (exact) mass is 485 g/mol. The van der Waals surface area contributed by atoms with Crippen LogP contribution in [0.25, 0.3) is 22.5 Å². The number of amides is 1. The molecule has 0 saturated carbocycles. The lowest BCUT2D eigenvalue weighted by Gasteiger charge is -2.11. The summed E-state index contributed by atoms with van der Waals surface area (Å²) in [5.41, 5.74) is 5.10. The number of hydrogen-bond donors (Lipinski definition) is 2. The van der Waals surface area contributed by atoms with E-state index in [0.717, 1.165) is 22.5 Å². The number of carbonyl (C=O) groups is 2. The lowest BCUT2D eigenvalue weighted by molar-refractivity contribution is -0.115. The number of aromatic nitrogens is 3. The molecular weight excluding hydrogens is 462 g/mol. The molecule has 0 atom stereocenters. The number of nitrogens with zero attached hydrogens (tertiary/aromatic N) is 3. The topological polar surface area (TPSA) is 96.9 Å². The van der Waals surface area contributed by atoms with Gasteiger partial charge in [0.2, 0.25) is 11.9 Å². The summed E-state index contributed by atoms with van der Waals surface area (Å²) in [5, 5.41) is 14.7. The first-order valence-electron chi connectivity index (χ1n) is 11.8. The van der Waals surface area contributed by atoms with Crippen LogP contribution in [0.15, 0.2) is 115 Å². The molecule has 0 fully saturated rings. The number of anilines is 3. The molecule has 5 rings (SSSR count). The Morgan fingerprint density at radius 1 is 0.595 bits per heavy atom. The summed E-state index contributed by atoms with van der Waals surface area (Å²) < 4.78 is 0. The molecule has 5 aromatic rings. The molecule has 0 radical (unpaired) electrons. The van der Waals surface area contributed by atoms with Crippen LogP contribution in [-0.2, 0) is 4.79 Å². The predicted molar refractivity (Wildman–Crippen MR) is 144 cm³/mol. The molecule has 0 aliphatic rings. The van der Waals surface area contributed by atoms with Gasteiger partial charge in [0.15, 0.2) is 5.78 Å². The Kier molecular flexibility index (Phi) is 7.04. The number of Topliss-reactive ketones (excluding diaryl/α,β-unsaturated/α-hetero) is 1. The number of nitrogens with one attached hydrogen (secondary N) is 2. The molecule has 0 aliphatic heterocycles. The van der Waals surface area contributed by atoms with Crippen LogP contribution in [0.4, 0.5) is 17.3 Å². The zero-order valence-corrected chi connectivity index (χ0v) is 19.8. The van der Waals surface area contributed by atoms with E-state index in [1.165, 1.54) is 0 Å². The van der Waals surface area contributed by atoms with Crippen LogP contribution in [0.3, 0.4) is 0 Å². The van der Waals surface area contributed by atoms with E-state index >= 15 is 0 Å². The first kappa shape index (κ1) is 23.6. The van der Waals surface area contributed by atoms with Gasteiger partial charge in [-0.25, -0.2) is 4.98 Å². The molecule has 2 N–H and O–H groups in total. The molecule has 0 saturated heterocycles. The van der Waals surface area contributed by atoms with E-state index in [9.17, 15) is 9.59 Å². The van der Waals surface area contributed by atoms with Crippen molar-refractivity contribution in [3.8, 4) is 22.5 Å². The lowest BCUT2D eigenvalue weighted by Crippen LogP contribution is -2.16. The van der Waals surface area contributed by atoms with Crippen molar-refractivity contribution in [1.82, 2.24) is 15.2 Å². The van der Waals surface area contributed by atoms with E-state index in [1.807, 2.05) is 66.7 Å². The molecule has 1 aromatic heterocycles. The highest BCUT2D eigenvalue weighted by molar-refractivity contribution is 6.11. The molecular formula is C30H23N5O2. The van der Waals surface area contributed by atoms with Crippen molar-refractivity contribution in [2.45, 2.75) is 6.42 Å². The van der Waals surface area contributed by atoms with Crippen molar-refractivity contribution in [3.63, 3.8) is 0 Å². The van der Waals surface area contributed by atoms with Gasteiger partial charge in [0.25, 0.3) is 0 Å². The molecule has 37 heavy (non-hydrogen) atoms. The van der Waals surface area contributed by atoms with E-state index in [2.05, 4.69) is 20.8 Å². The van der Waals surface area contributed by atoms with Gasteiger partial charge >= 0.3 is 0 Å². The minimum Gasteiger partial charge on any atom is -0.326 e. The fraction of sp³-hybridized carbons (Fsp3) is 0.0333. The molecule has 7 nitrogen and oxygen atoms in total. The maximum Gasteiger partial charge on any atom is 0.247 e. The molecule has 0 bridgehead atoms. The molecule has 180 valence electrons. The van der Waals surface area contributed by atoms with E-state index in [1.54, 1.807) is 48.5 Å². The second-order valence-electron chi connectivity index (χ2n) is 8.28. The number of rotatable bonds is 8. The Balaban J connectivity index is 1.30. The van der Waals surface area contributed by atoms with E-state index in [-0.39, 0.29) is 18.1 Å². The third kappa shape index (κ3) is 5.91. The molecule has 0 spiro atoms. The summed E-state index contributed by atoms with van der Waals surface area (Å²) in [4.78, 5) is 29.3. The van der Waals surface area contributed by atoms with E-state index in [4.69, 9.17) is 4.98 Å². The highest BCUT2D eigenvalue weighted by Crippen LogP contribution is 2.29. The number of benzene rings is 4. The third-order valence-electron chi connectivity index (χ3n) is 5.62.